The predicted octanol–water partition coefficient (Wildman–Crippen LogP) is 2.94. The number of nitrogens with zero attached hydrogens (tertiary/aromatic N) is 2. The number of imidazole rings is 1. The maximum absolute atomic E-state index is 11.0. The summed E-state index contributed by atoms with van der Waals surface area (Å²) in [4.78, 5) is 15.5. The molecule has 2 aromatic heterocycles. The topological polar surface area (TPSA) is 54.6 Å². The van der Waals surface area contributed by atoms with Crippen LogP contribution in [0.25, 0.3) is 16.9 Å². The number of aryl methyl sites for hydroxylation is 1. The van der Waals surface area contributed by atoms with Gasteiger partial charge in [-0.05, 0) is 24.6 Å². The Bertz CT molecular complexity index is 790. The van der Waals surface area contributed by atoms with Crippen molar-refractivity contribution in [3.8, 4) is 11.4 Å². The van der Waals surface area contributed by atoms with E-state index in [2.05, 4.69) is 4.98 Å². The first kappa shape index (κ1) is 12.4. The smallest absolute Gasteiger partial charge is 0.309 e. The van der Waals surface area contributed by atoms with Crippen LogP contribution in [0.15, 0.2) is 48.7 Å². The number of carbonyl (C=O) groups is 1. The van der Waals surface area contributed by atoms with Gasteiger partial charge in [0.15, 0.2) is 0 Å². The van der Waals surface area contributed by atoms with Gasteiger partial charge in [0.05, 0.1) is 17.6 Å². The van der Waals surface area contributed by atoms with Crippen LogP contribution in [0.4, 0.5) is 0 Å². The van der Waals surface area contributed by atoms with Crippen LogP contribution in [-0.4, -0.2) is 20.5 Å². The zero-order valence-corrected chi connectivity index (χ0v) is 11.1. The molecule has 0 unspecified atom stereocenters. The summed E-state index contributed by atoms with van der Waals surface area (Å²) in [7, 11) is 0. The largest absolute Gasteiger partial charge is 0.481 e. The van der Waals surface area contributed by atoms with E-state index in [1.54, 1.807) is 0 Å². The molecule has 4 nitrogen and oxygen atoms in total. The third kappa shape index (κ3) is 2.05. The molecule has 0 saturated carbocycles. The Labute approximate surface area is 116 Å². The Kier molecular flexibility index (Phi) is 2.99. The minimum atomic E-state index is -0.870. The molecule has 0 bridgehead atoms. The average Bonchev–Trinajstić information content (AvgIpc) is 2.78. The van der Waals surface area contributed by atoms with Gasteiger partial charge in [-0.1, -0.05) is 30.3 Å². The zero-order valence-electron chi connectivity index (χ0n) is 11.1. The lowest BCUT2D eigenvalue weighted by Crippen LogP contribution is -2.00. The molecule has 0 amide bonds. The van der Waals surface area contributed by atoms with Crippen LogP contribution in [0.1, 0.15) is 11.3 Å². The Morgan fingerprint density at radius 1 is 1.20 bits per heavy atom. The molecule has 1 N–H and O–H groups in total. The van der Waals surface area contributed by atoms with Crippen LogP contribution < -0.4 is 0 Å². The van der Waals surface area contributed by atoms with E-state index in [1.165, 1.54) is 0 Å². The van der Waals surface area contributed by atoms with Gasteiger partial charge >= 0.3 is 5.97 Å². The highest BCUT2D eigenvalue weighted by molar-refractivity contribution is 5.76. The van der Waals surface area contributed by atoms with E-state index in [4.69, 9.17) is 5.11 Å². The molecule has 3 aromatic rings. The first-order chi connectivity index (χ1) is 9.66. The fourth-order valence-corrected chi connectivity index (χ4v) is 2.39. The number of hydrogen-bond donors (Lipinski definition) is 1. The van der Waals surface area contributed by atoms with Gasteiger partial charge in [0.1, 0.15) is 5.82 Å². The summed E-state index contributed by atoms with van der Waals surface area (Å²) < 4.78 is 1.95. The standard InChI is InChI=1S/C16H14N2O2/c1-11-6-2-3-7-12(11)16-17-13(10-15(19)20)14-8-4-5-9-18(14)16/h2-9H,10H2,1H3,(H,19,20). The molecule has 2 heterocycles. The molecule has 0 aliphatic rings. The highest BCUT2D eigenvalue weighted by Crippen LogP contribution is 2.25. The van der Waals surface area contributed by atoms with Crippen molar-refractivity contribution in [2.24, 2.45) is 0 Å². The van der Waals surface area contributed by atoms with Crippen molar-refractivity contribution in [3.63, 3.8) is 0 Å². The van der Waals surface area contributed by atoms with Gasteiger partial charge in [-0.15, -0.1) is 0 Å². The van der Waals surface area contributed by atoms with Crippen LogP contribution in [0.5, 0.6) is 0 Å². The molecule has 0 radical (unpaired) electrons. The number of carboxylic acids is 1. The molecule has 20 heavy (non-hydrogen) atoms. The minimum absolute atomic E-state index is 0.0700. The van der Waals surface area contributed by atoms with E-state index in [9.17, 15) is 4.79 Å². The normalized spacial score (nSPS) is 10.8. The summed E-state index contributed by atoms with van der Waals surface area (Å²) in [5.41, 5.74) is 3.57. The molecule has 0 spiro atoms. The fourth-order valence-electron chi connectivity index (χ4n) is 2.39. The second-order valence-electron chi connectivity index (χ2n) is 4.72. The van der Waals surface area contributed by atoms with Crippen LogP contribution in [0.2, 0.25) is 0 Å². The van der Waals surface area contributed by atoms with Gasteiger partial charge in [-0.2, -0.15) is 0 Å². The number of benzene rings is 1. The third-order valence-corrected chi connectivity index (χ3v) is 3.33. The van der Waals surface area contributed by atoms with E-state index in [0.29, 0.717) is 5.69 Å². The van der Waals surface area contributed by atoms with Crippen molar-refractivity contribution < 1.29 is 9.90 Å². The molecule has 3 rings (SSSR count). The summed E-state index contributed by atoms with van der Waals surface area (Å²) in [6.07, 6.45) is 1.84. The average molecular weight is 266 g/mol. The molecule has 1 aromatic carbocycles. The second-order valence-corrected chi connectivity index (χ2v) is 4.72. The van der Waals surface area contributed by atoms with Crippen LogP contribution in [-0.2, 0) is 11.2 Å². The number of aliphatic carboxylic acids is 1. The van der Waals surface area contributed by atoms with Crippen molar-refractivity contribution in [3.05, 3.63) is 59.9 Å². The summed E-state index contributed by atoms with van der Waals surface area (Å²) in [6, 6.07) is 13.7. The highest BCUT2D eigenvalue weighted by Gasteiger charge is 2.15. The lowest BCUT2D eigenvalue weighted by molar-refractivity contribution is -0.136. The maximum atomic E-state index is 11.0. The van der Waals surface area contributed by atoms with Crippen LogP contribution >= 0.6 is 0 Å². The fraction of sp³-hybridized carbons (Fsp3) is 0.125. The van der Waals surface area contributed by atoms with E-state index < -0.39 is 5.97 Å². The Hall–Kier alpha value is -2.62. The quantitative estimate of drug-likeness (QED) is 0.793. The van der Waals surface area contributed by atoms with Crippen molar-refractivity contribution in [2.75, 3.05) is 0 Å². The summed E-state index contributed by atoms with van der Waals surface area (Å²) in [5.74, 6) is -0.0832. The Balaban J connectivity index is 2.26. The molecular weight excluding hydrogens is 252 g/mol. The highest BCUT2D eigenvalue weighted by atomic mass is 16.4. The van der Waals surface area contributed by atoms with Gasteiger partial charge in [-0.25, -0.2) is 4.98 Å². The number of fused-ring (bicyclic) bond motifs is 1. The van der Waals surface area contributed by atoms with Crippen molar-refractivity contribution in [1.82, 2.24) is 9.38 Å². The molecule has 0 saturated heterocycles. The van der Waals surface area contributed by atoms with Gasteiger partial charge < -0.3 is 5.11 Å². The van der Waals surface area contributed by atoms with Crippen LogP contribution in [0, 0.1) is 6.92 Å². The van der Waals surface area contributed by atoms with Crippen LogP contribution in [0.3, 0.4) is 0 Å². The zero-order chi connectivity index (χ0) is 14.1. The van der Waals surface area contributed by atoms with E-state index in [-0.39, 0.29) is 6.42 Å². The summed E-state index contributed by atoms with van der Waals surface area (Å²) in [6.45, 7) is 2.02. The Morgan fingerprint density at radius 3 is 2.70 bits per heavy atom. The molecule has 0 aliphatic heterocycles. The van der Waals surface area contributed by atoms with E-state index >= 15 is 0 Å². The van der Waals surface area contributed by atoms with Gasteiger partial charge in [-0.3, -0.25) is 9.20 Å². The molecule has 0 atom stereocenters. The number of hydrogen-bond acceptors (Lipinski definition) is 2. The molecule has 100 valence electrons. The maximum Gasteiger partial charge on any atom is 0.309 e. The first-order valence-corrected chi connectivity index (χ1v) is 6.40. The van der Waals surface area contributed by atoms with Gasteiger partial charge in [0.2, 0.25) is 0 Å². The lowest BCUT2D eigenvalue weighted by atomic mass is 10.1. The van der Waals surface area contributed by atoms with E-state index in [0.717, 1.165) is 22.5 Å². The number of pyridine rings is 1. The van der Waals surface area contributed by atoms with E-state index in [1.807, 2.05) is 60.0 Å². The Morgan fingerprint density at radius 2 is 1.95 bits per heavy atom. The summed E-state index contributed by atoms with van der Waals surface area (Å²) >= 11 is 0. The SMILES string of the molecule is Cc1ccccc1-c1nc(CC(=O)O)c2ccccn12. The predicted molar refractivity (Wildman–Crippen MR) is 76.7 cm³/mol. The van der Waals surface area contributed by atoms with Gasteiger partial charge in [0.25, 0.3) is 0 Å². The minimum Gasteiger partial charge on any atom is -0.481 e. The molecule has 0 aliphatic carbocycles. The number of aromatic nitrogens is 2. The monoisotopic (exact) mass is 266 g/mol. The van der Waals surface area contributed by atoms with Crippen molar-refractivity contribution >= 4 is 11.5 Å². The van der Waals surface area contributed by atoms with Crippen molar-refractivity contribution in [2.45, 2.75) is 13.3 Å². The molecule has 0 fully saturated rings. The first-order valence-electron chi connectivity index (χ1n) is 6.40. The third-order valence-electron chi connectivity index (χ3n) is 3.33. The molecule has 4 heteroatoms. The lowest BCUT2D eigenvalue weighted by Gasteiger charge is -2.04. The van der Waals surface area contributed by atoms with Crippen molar-refractivity contribution in [1.29, 1.82) is 0 Å². The number of rotatable bonds is 3. The molecular formula is C16H14N2O2. The number of carboxylic acid groups (broad SMARTS) is 1. The second kappa shape index (κ2) is 4.81. The summed E-state index contributed by atoms with van der Waals surface area (Å²) in [5, 5.41) is 9.01. The van der Waals surface area contributed by atoms with Gasteiger partial charge in [0, 0.05) is 11.8 Å².